The molecule has 1 aliphatic rings. The Hall–Kier alpha value is -3.67. The minimum Gasteiger partial charge on any atom is -0.489 e. The van der Waals surface area contributed by atoms with E-state index in [-0.39, 0.29) is 30.7 Å². The van der Waals surface area contributed by atoms with Crippen molar-refractivity contribution >= 4 is 34.1 Å². The first-order valence-corrected chi connectivity index (χ1v) is 15.7. The van der Waals surface area contributed by atoms with E-state index in [1.54, 1.807) is 37.6 Å². The SMILES string of the molecule is CCC(CC)NC(=O)Nc1ccc(Oc2cnc(NC(=O)c3cccc(OC4CCCN(C(C)C)C4)c3)s2)c(COC)c1. The number of aromatic nitrogens is 1. The van der Waals surface area contributed by atoms with Crippen molar-refractivity contribution in [2.75, 3.05) is 30.8 Å². The highest BCUT2D eigenvalue weighted by Gasteiger charge is 2.23. The fourth-order valence-electron chi connectivity index (χ4n) is 4.95. The van der Waals surface area contributed by atoms with Gasteiger partial charge in [-0.25, -0.2) is 9.78 Å². The molecule has 2 heterocycles. The molecule has 1 saturated heterocycles. The molecule has 0 spiro atoms. The Kier molecular flexibility index (Phi) is 11.8. The summed E-state index contributed by atoms with van der Waals surface area (Å²) in [6.07, 6.45) is 5.49. The molecule has 0 aliphatic carbocycles. The molecule has 1 aliphatic heterocycles. The lowest BCUT2D eigenvalue weighted by Gasteiger charge is -2.35. The van der Waals surface area contributed by atoms with Crippen molar-refractivity contribution in [1.82, 2.24) is 15.2 Å². The number of benzene rings is 2. The minimum absolute atomic E-state index is 0.104. The standard InChI is InChI=1S/C32H43N5O5S/c1-6-24(7-2)34-31(39)35-25-13-14-28(23(16-25)20-40-5)42-29-18-33-32(43-29)36-30(38)22-10-8-11-26(17-22)41-27-12-9-15-37(19-27)21(3)4/h8,10-11,13-14,16-18,21,24,27H,6-7,9,12,15,19-20H2,1-5H3,(H,33,36,38)(H2,34,35,39). The van der Waals surface area contributed by atoms with E-state index in [1.165, 1.54) is 11.3 Å². The second kappa shape index (κ2) is 15.7. The first-order chi connectivity index (χ1) is 20.8. The number of amides is 3. The fourth-order valence-corrected chi connectivity index (χ4v) is 5.62. The first-order valence-electron chi connectivity index (χ1n) is 14.9. The van der Waals surface area contributed by atoms with Gasteiger partial charge in [0.2, 0.25) is 5.06 Å². The van der Waals surface area contributed by atoms with Crippen LogP contribution in [0.3, 0.4) is 0 Å². The molecule has 11 heteroatoms. The van der Waals surface area contributed by atoms with Crippen LogP contribution in [0.25, 0.3) is 0 Å². The van der Waals surface area contributed by atoms with Crippen molar-refractivity contribution < 1.29 is 23.8 Å². The van der Waals surface area contributed by atoms with Gasteiger partial charge >= 0.3 is 6.03 Å². The van der Waals surface area contributed by atoms with Gasteiger partial charge in [-0.05, 0) is 82.5 Å². The molecule has 3 amide bonds. The number of methoxy groups -OCH3 is 1. The molecule has 0 radical (unpaired) electrons. The average molecular weight is 610 g/mol. The Morgan fingerprint density at radius 2 is 1.93 bits per heavy atom. The van der Waals surface area contributed by atoms with E-state index in [0.29, 0.717) is 39.0 Å². The van der Waals surface area contributed by atoms with Gasteiger partial charge < -0.3 is 24.8 Å². The number of hydrogen-bond donors (Lipinski definition) is 3. The maximum Gasteiger partial charge on any atom is 0.319 e. The third-order valence-electron chi connectivity index (χ3n) is 7.39. The number of ether oxygens (including phenoxy) is 3. The lowest BCUT2D eigenvalue weighted by molar-refractivity contribution is 0.0705. The molecule has 3 aromatic rings. The van der Waals surface area contributed by atoms with Gasteiger partial charge in [-0.3, -0.25) is 15.0 Å². The number of piperidine rings is 1. The molecule has 1 aromatic heterocycles. The van der Waals surface area contributed by atoms with Crippen molar-refractivity contribution in [2.45, 2.75) is 78.2 Å². The van der Waals surface area contributed by atoms with Crippen LogP contribution < -0.4 is 25.4 Å². The van der Waals surface area contributed by atoms with Crippen molar-refractivity contribution in [3.8, 4) is 16.6 Å². The van der Waals surface area contributed by atoms with E-state index < -0.39 is 0 Å². The summed E-state index contributed by atoms with van der Waals surface area (Å²) in [5.74, 6) is 0.974. The number of carbonyl (C=O) groups is 2. The normalized spacial score (nSPS) is 15.4. The number of carbonyl (C=O) groups excluding carboxylic acids is 2. The van der Waals surface area contributed by atoms with Gasteiger partial charge in [-0.1, -0.05) is 31.3 Å². The van der Waals surface area contributed by atoms with Crippen molar-refractivity contribution in [1.29, 1.82) is 0 Å². The van der Waals surface area contributed by atoms with Crippen LogP contribution in [0, 0.1) is 0 Å². The highest BCUT2D eigenvalue weighted by molar-refractivity contribution is 7.17. The summed E-state index contributed by atoms with van der Waals surface area (Å²) < 4.78 is 17.7. The summed E-state index contributed by atoms with van der Waals surface area (Å²) >= 11 is 1.22. The molecule has 43 heavy (non-hydrogen) atoms. The predicted molar refractivity (Wildman–Crippen MR) is 171 cm³/mol. The van der Waals surface area contributed by atoms with Crippen LogP contribution in [0.5, 0.6) is 16.6 Å². The molecule has 0 saturated carbocycles. The maximum absolute atomic E-state index is 13.0. The highest BCUT2D eigenvalue weighted by Crippen LogP contribution is 2.34. The average Bonchev–Trinajstić information content (AvgIpc) is 3.44. The van der Waals surface area contributed by atoms with Crippen molar-refractivity contribution in [2.24, 2.45) is 0 Å². The number of nitrogens with one attached hydrogen (secondary N) is 3. The van der Waals surface area contributed by atoms with Gasteiger partial charge in [0.05, 0.1) is 12.8 Å². The molecular formula is C32H43N5O5S. The van der Waals surface area contributed by atoms with Crippen LogP contribution in [0.1, 0.15) is 69.3 Å². The van der Waals surface area contributed by atoms with Gasteiger partial charge in [0.15, 0.2) is 5.13 Å². The number of nitrogens with zero attached hydrogens (tertiary/aromatic N) is 2. The molecule has 10 nitrogen and oxygen atoms in total. The zero-order valence-corrected chi connectivity index (χ0v) is 26.5. The van der Waals surface area contributed by atoms with Crippen LogP contribution in [0.4, 0.5) is 15.6 Å². The largest absolute Gasteiger partial charge is 0.489 e. The smallest absolute Gasteiger partial charge is 0.319 e. The van der Waals surface area contributed by atoms with E-state index in [2.05, 4.69) is 39.7 Å². The zero-order chi connectivity index (χ0) is 30.8. The molecule has 2 aromatic carbocycles. The van der Waals surface area contributed by atoms with Crippen molar-refractivity contribution in [3.05, 3.63) is 59.8 Å². The Bertz CT molecular complexity index is 1360. The van der Waals surface area contributed by atoms with Crippen LogP contribution in [0.15, 0.2) is 48.7 Å². The van der Waals surface area contributed by atoms with Gasteiger partial charge in [0.25, 0.3) is 5.91 Å². The highest BCUT2D eigenvalue weighted by atomic mass is 32.1. The predicted octanol–water partition coefficient (Wildman–Crippen LogP) is 6.90. The lowest BCUT2D eigenvalue weighted by Crippen LogP contribution is -2.44. The van der Waals surface area contributed by atoms with E-state index in [9.17, 15) is 9.59 Å². The zero-order valence-electron chi connectivity index (χ0n) is 25.6. The third kappa shape index (κ3) is 9.41. The van der Waals surface area contributed by atoms with E-state index in [0.717, 1.165) is 44.3 Å². The second-order valence-electron chi connectivity index (χ2n) is 10.9. The minimum atomic E-state index is -0.277. The summed E-state index contributed by atoms with van der Waals surface area (Å²) in [6, 6.07) is 13.0. The maximum atomic E-state index is 13.0. The van der Waals surface area contributed by atoms with E-state index in [4.69, 9.17) is 14.2 Å². The topological polar surface area (TPSA) is 114 Å². The summed E-state index contributed by atoms with van der Waals surface area (Å²) in [7, 11) is 1.60. The quantitative estimate of drug-likeness (QED) is 0.193. The summed E-state index contributed by atoms with van der Waals surface area (Å²) in [5, 5.41) is 9.62. The summed E-state index contributed by atoms with van der Waals surface area (Å²) in [4.78, 5) is 32.2. The Morgan fingerprint density at radius 1 is 1.12 bits per heavy atom. The Balaban J connectivity index is 1.36. The van der Waals surface area contributed by atoms with Gasteiger partial charge in [-0.2, -0.15) is 0 Å². The lowest BCUT2D eigenvalue weighted by atomic mass is 10.1. The molecule has 0 bridgehead atoms. The molecular weight excluding hydrogens is 566 g/mol. The van der Waals surface area contributed by atoms with Crippen molar-refractivity contribution in [3.63, 3.8) is 0 Å². The fraction of sp³-hybridized carbons (Fsp3) is 0.469. The van der Waals surface area contributed by atoms with Gasteiger partial charge in [-0.15, -0.1) is 0 Å². The summed E-state index contributed by atoms with van der Waals surface area (Å²) in [6.45, 7) is 10.7. The number of urea groups is 1. The molecule has 3 N–H and O–H groups in total. The van der Waals surface area contributed by atoms with Gasteiger partial charge in [0, 0.05) is 42.6 Å². The van der Waals surface area contributed by atoms with E-state index in [1.807, 2.05) is 32.0 Å². The number of anilines is 2. The molecule has 1 fully saturated rings. The summed E-state index contributed by atoms with van der Waals surface area (Å²) in [5.41, 5.74) is 1.88. The number of rotatable bonds is 13. The number of thiazole rings is 1. The Morgan fingerprint density at radius 3 is 2.67 bits per heavy atom. The van der Waals surface area contributed by atoms with Crippen LogP contribution in [0.2, 0.25) is 0 Å². The number of hydrogen-bond acceptors (Lipinski definition) is 8. The molecule has 1 unspecified atom stereocenters. The second-order valence-corrected chi connectivity index (χ2v) is 11.9. The van der Waals surface area contributed by atoms with Gasteiger partial charge in [0.1, 0.15) is 17.6 Å². The monoisotopic (exact) mass is 609 g/mol. The van der Waals surface area contributed by atoms with Crippen LogP contribution >= 0.6 is 11.3 Å². The number of likely N-dealkylation sites (tertiary alicyclic amines) is 1. The van der Waals surface area contributed by atoms with Crippen LogP contribution in [-0.4, -0.2) is 60.2 Å². The van der Waals surface area contributed by atoms with Crippen LogP contribution in [-0.2, 0) is 11.3 Å². The molecule has 1 atom stereocenters. The van der Waals surface area contributed by atoms with E-state index >= 15 is 0 Å². The molecule has 4 rings (SSSR count). The Labute approximate surface area is 258 Å². The molecule has 232 valence electrons. The third-order valence-corrected chi connectivity index (χ3v) is 8.18. The first kappa shape index (κ1) is 32.2.